The van der Waals surface area contributed by atoms with Gasteiger partial charge in [-0.3, -0.25) is 5.41 Å². The monoisotopic (exact) mass is 167 g/mol. The highest BCUT2D eigenvalue weighted by Crippen LogP contribution is 1.92. The fraction of sp³-hybridized carbons (Fsp3) is 0.500. The van der Waals surface area contributed by atoms with Crippen molar-refractivity contribution < 1.29 is 0 Å². The van der Waals surface area contributed by atoms with Gasteiger partial charge < -0.3 is 4.90 Å². The summed E-state index contributed by atoms with van der Waals surface area (Å²) in [6, 6.07) is 0. The standard InChI is InChI=1S/C4H7Cl2N3/c1-9(2)4(6)8-3(5)7/h7H,1-2H3/b7-3?,8-4-. The SMILES string of the molecule is CN(C)/C(Cl)=N\C(=N)Cl. The van der Waals surface area contributed by atoms with Crippen molar-refractivity contribution in [3.8, 4) is 0 Å². The summed E-state index contributed by atoms with van der Waals surface area (Å²) in [7, 11) is 3.43. The van der Waals surface area contributed by atoms with Gasteiger partial charge in [-0.1, -0.05) is 0 Å². The average Bonchev–Trinajstić information content (AvgIpc) is 1.63. The van der Waals surface area contributed by atoms with Gasteiger partial charge in [0.25, 0.3) is 0 Å². The third-order valence-corrected chi connectivity index (χ3v) is 1.07. The van der Waals surface area contributed by atoms with Gasteiger partial charge in [-0.05, 0) is 23.2 Å². The summed E-state index contributed by atoms with van der Waals surface area (Å²) >= 11 is 10.6. The normalized spacial score (nSPS) is 11.3. The molecule has 0 spiro atoms. The van der Waals surface area contributed by atoms with Crippen LogP contribution in [0.2, 0.25) is 0 Å². The summed E-state index contributed by atoms with van der Waals surface area (Å²) in [5, 5.41) is 6.58. The van der Waals surface area contributed by atoms with Crippen LogP contribution in [-0.4, -0.2) is 29.6 Å². The largest absolute Gasteiger partial charge is 0.353 e. The quantitative estimate of drug-likeness (QED) is 0.330. The molecule has 3 nitrogen and oxygen atoms in total. The van der Waals surface area contributed by atoms with E-state index in [1.165, 1.54) is 0 Å². The van der Waals surface area contributed by atoms with E-state index in [-0.39, 0.29) is 10.6 Å². The second kappa shape index (κ2) is 3.69. The van der Waals surface area contributed by atoms with Gasteiger partial charge in [0.1, 0.15) is 0 Å². The third kappa shape index (κ3) is 4.24. The fourth-order valence-electron chi connectivity index (χ4n) is 0.181. The highest BCUT2D eigenvalue weighted by molar-refractivity contribution is 6.70. The molecule has 0 rings (SSSR count). The molecule has 0 saturated carbocycles. The third-order valence-electron chi connectivity index (χ3n) is 0.559. The summed E-state index contributed by atoms with van der Waals surface area (Å²) in [5.74, 6) is 0. The molecule has 0 heterocycles. The zero-order chi connectivity index (χ0) is 7.44. The lowest BCUT2D eigenvalue weighted by Gasteiger charge is -2.06. The molecule has 0 saturated heterocycles. The van der Waals surface area contributed by atoms with Crippen LogP contribution >= 0.6 is 23.2 Å². The Morgan fingerprint density at radius 1 is 1.44 bits per heavy atom. The van der Waals surface area contributed by atoms with E-state index in [1.807, 2.05) is 0 Å². The van der Waals surface area contributed by atoms with Gasteiger partial charge in [0.2, 0.25) is 10.6 Å². The van der Waals surface area contributed by atoms with Crippen LogP contribution < -0.4 is 0 Å². The first-order chi connectivity index (χ1) is 4.04. The molecule has 1 N–H and O–H groups in total. The Labute approximate surface area is 63.8 Å². The summed E-state index contributed by atoms with van der Waals surface area (Å²) in [6.45, 7) is 0. The minimum absolute atomic E-state index is 0.204. The van der Waals surface area contributed by atoms with Crippen LogP contribution in [0.5, 0.6) is 0 Å². The molecule has 0 aliphatic heterocycles. The Morgan fingerprint density at radius 2 is 1.89 bits per heavy atom. The maximum Gasteiger partial charge on any atom is 0.217 e. The smallest absolute Gasteiger partial charge is 0.217 e. The van der Waals surface area contributed by atoms with Crippen LogP contribution in [0.3, 0.4) is 0 Å². The van der Waals surface area contributed by atoms with Crippen LogP contribution in [-0.2, 0) is 0 Å². The first kappa shape index (κ1) is 8.72. The Balaban J connectivity index is 4.00. The highest BCUT2D eigenvalue weighted by atomic mass is 35.5. The van der Waals surface area contributed by atoms with Crippen molar-refractivity contribution in [3.05, 3.63) is 0 Å². The maximum atomic E-state index is 6.68. The number of rotatable bonds is 0. The summed E-state index contributed by atoms with van der Waals surface area (Å²) in [4.78, 5) is 4.99. The van der Waals surface area contributed by atoms with Gasteiger partial charge in [0.15, 0.2) is 0 Å². The molecule has 0 radical (unpaired) electrons. The lowest BCUT2D eigenvalue weighted by atomic mass is 10.9. The number of nitrogens with one attached hydrogen (secondary N) is 1. The second-order valence-electron chi connectivity index (χ2n) is 1.57. The molecule has 0 aliphatic carbocycles. The number of nitrogens with zero attached hydrogens (tertiary/aromatic N) is 2. The van der Waals surface area contributed by atoms with Crippen molar-refractivity contribution >= 4 is 33.8 Å². The molecular formula is C4H7Cl2N3. The molecule has 0 amide bonds. The molecule has 0 bridgehead atoms. The van der Waals surface area contributed by atoms with Crippen LogP contribution in [0, 0.1) is 5.41 Å². The van der Waals surface area contributed by atoms with Gasteiger partial charge in [-0.25, -0.2) is 0 Å². The highest BCUT2D eigenvalue weighted by Gasteiger charge is 1.95. The first-order valence-electron chi connectivity index (χ1n) is 2.19. The average molecular weight is 168 g/mol. The van der Waals surface area contributed by atoms with E-state index >= 15 is 0 Å². The predicted octanol–water partition coefficient (Wildman–Crippen LogP) is 1.32. The van der Waals surface area contributed by atoms with E-state index in [0.717, 1.165) is 0 Å². The summed E-state index contributed by atoms with van der Waals surface area (Å²) in [6.07, 6.45) is 0. The van der Waals surface area contributed by atoms with E-state index in [4.69, 9.17) is 28.6 Å². The first-order valence-corrected chi connectivity index (χ1v) is 2.95. The Hall–Kier alpha value is -0.280. The molecule has 52 valence electrons. The molecular weight excluding hydrogens is 161 g/mol. The summed E-state index contributed by atoms with van der Waals surface area (Å²) in [5.41, 5.74) is 0. The van der Waals surface area contributed by atoms with E-state index in [2.05, 4.69) is 4.99 Å². The van der Waals surface area contributed by atoms with Gasteiger partial charge in [0, 0.05) is 14.1 Å². The van der Waals surface area contributed by atoms with Crippen LogP contribution in [0.1, 0.15) is 0 Å². The summed E-state index contributed by atoms with van der Waals surface area (Å²) < 4.78 is 0. The molecule has 0 aromatic rings. The topological polar surface area (TPSA) is 39.5 Å². The van der Waals surface area contributed by atoms with E-state index in [1.54, 1.807) is 19.0 Å². The van der Waals surface area contributed by atoms with Gasteiger partial charge >= 0.3 is 0 Å². The lowest BCUT2D eigenvalue weighted by Crippen LogP contribution is -2.16. The molecule has 0 aromatic carbocycles. The zero-order valence-electron chi connectivity index (χ0n) is 5.15. The molecule has 0 unspecified atom stereocenters. The molecule has 0 fully saturated rings. The van der Waals surface area contributed by atoms with Crippen LogP contribution in [0.25, 0.3) is 0 Å². The van der Waals surface area contributed by atoms with Crippen molar-refractivity contribution in [1.82, 2.24) is 4.90 Å². The van der Waals surface area contributed by atoms with Crippen molar-refractivity contribution in [1.29, 1.82) is 5.41 Å². The van der Waals surface area contributed by atoms with Crippen molar-refractivity contribution in [3.63, 3.8) is 0 Å². The number of hydrogen-bond acceptors (Lipinski definition) is 1. The van der Waals surface area contributed by atoms with Crippen molar-refractivity contribution in [2.24, 2.45) is 4.99 Å². The fourth-order valence-corrected chi connectivity index (χ4v) is 0.389. The van der Waals surface area contributed by atoms with E-state index in [9.17, 15) is 0 Å². The molecule has 0 aliphatic rings. The van der Waals surface area contributed by atoms with Gasteiger partial charge in [-0.15, -0.1) is 0 Å². The molecule has 0 aromatic heterocycles. The van der Waals surface area contributed by atoms with Crippen molar-refractivity contribution in [2.45, 2.75) is 0 Å². The lowest BCUT2D eigenvalue weighted by molar-refractivity contribution is 0.636. The second-order valence-corrected chi connectivity index (χ2v) is 2.26. The van der Waals surface area contributed by atoms with Crippen molar-refractivity contribution in [2.75, 3.05) is 14.1 Å². The molecule has 5 heteroatoms. The van der Waals surface area contributed by atoms with Crippen LogP contribution in [0.15, 0.2) is 4.99 Å². The Bertz CT molecular complexity index is 141. The minimum atomic E-state index is -0.311. The maximum absolute atomic E-state index is 6.68. The van der Waals surface area contributed by atoms with E-state index in [0.29, 0.717) is 0 Å². The number of aliphatic imine (C=N–C) groups is 1. The minimum Gasteiger partial charge on any atom is -0.353 e. The zero-order valence-corrected chi connectivity index (χ0v) is 6.66. The molecule has 9 heavy (non-hydrogen) atoms. The van der Waals surface area contributed by atoms with Gasteiger partial charge in [0.05, 0.1) is 0 Å². The van der Waals surface area contributed by atoms with Crippen LogP contribution in [0.4, 0.5) is 0 Å². The van der Waals surface area contributed by atoms with Gasteiger partial charge in [-0.2, -0.15) is 4.99 Å². The number of hydrogen-bond donors (Lipinski definition) is 1. The number of halogens is 2. The Kier molecular flexibility index (Phi) is 3.58. The number of amidine groups is 2. The molecule has 0 atom stereocenters. The predicted molar refractivity (Wildman–Crippen MR) is 40.6 cm³/mol. The Morgan fingerprint density at radius 3 is 2.00 bits per heavy atom. The van der Waals surface area contributed by atoms with E-state index < -0.39 is 0 Å².